The lowest BCUT2D eigenvalue weighted by Gasteiger charge is -2.21. The van der Waals surface area contributed by atoms with Gasteiger partial charge in [0.15, 0.2) is 0 Å². The molecule has 0 atom stereocenters. The Kier molecular flexibility index (Phi) is 5.94. The number of fused-ring (bicyclic) bond motifs is 3. The smallest absolute Gasteiger partial charge is 0.127 e. The zero-order valence-electron chi connectivity index (χ0n) is 19.8. The molecule has 0 saturated heterocycles. The van der Waals surface area contributed by atoms with Gasteiger partial charge in [0.1, 0.15) is 11.5 Å². The van der Waals surface area contributed by atoms with E-state index in [2.05, 4.69) is 129 Å². The van der Waals surface area contributed by atoms with Gasteiger partial charge >= 0.3 is 0 Å². The van der Waals surface area contributed by atoms with Crippen molar-refractivity contribution in [1.29, 1.82) is 0 Å². The summed E-state index contributed by atoms with van der Waals surface area (Å²) in [6.45, 7) is 0. The molecule has 0 fully saturated rings. The molecule has 4 heteroatoms. The van der Waals surface area contributed by atoms with E-state index in [1.54, 1.807) is 14.2 Å². The molecule has 6 aromatic carbocycles. The van der Waals surface area contributed by atoms with E-state index >= 15 is 0 Å². The molecule has 6 aromatic rings. The van der Waals surface area contributed by atoms with Crippen LogP contribution in [-0.4, -0.2) is 14.2 Å². The number of methoxy groups -OCH3 is 2. The van der Waals surface area contributed by atoms with Crippen molar-refractivity contribution in [1.82, 2.24) is 0 Å². The molecule has 0 spiro atoms. The van der Waals surface area contributed by atoms with E-state index in [-0.39, 0.29) is 0 Å². The number of hydrogen-bond donors (Lipinski definition) is 0. The van der Waals surface area contributed by atoms with Crippen molar-refractivity contribution in [2.45, 2.75) is 0 Å². The predicted molar refractivity (Wildman–Crippen MR) is 158 cm³/mol. The molecule has 0 heterocycles. The van der Waals surface area contributed by atoms with Gasteiger partial charge in [-0.15, -0.1) is 0 Å². The van der Waals surface area contributed by atoms with Crippen molar-refractivity contribution in [2.75, 3.05) is 14.2 Å². The highest BCUT2D eigenvalue weighted by molar-refractivity contribution is 9.11. The first-order valence-corrected chi connectivity index (χ1v) is 13.2. The molecule has 0 aliphatic rings. The van der Waals surface area contributed by atoms with Crippen LogP contribution in [0.3, 0.4) is 0 Å². The van der Waals surface area contributed by atoms with E-state index in [1.807, 2.05) is 0 Å². The molecule has 0 saturated carbocycles. The summed E-state index contributed by atoms with van der Waals surface area (Å²) in [6.07, 6.45) is 0. The minimum Gasteiger partial charge on any atom is -0.496 e. The van der Waals surface area contributed by atoms with Gasteiger partial charge in [0.25, 0.3) is 0 Å². The van der Waals surface area contributed by atoms with Crippen LogP contribution in [0.1, 0.15) is 0 Å². The average molecular weight is 598 g/mol. The van der Waals surface area contributed by atoms with Gasteiger partial charge in [-0.05, 0) is 51.6 Å². The highest BCUT2D eigenvalue weighted by atomic mass is 79.9. The minimum absolute atomic E-state index is 0.819. The molecule has 0 aliphatic heterocycles. The summed E-state index contributed by atoms with van der Waals surface area (Å²) in [4.78, 5) is 0. The third-order valence-electron chi connectivity index (χ3n) is 6.80. The third kappa shape index (κ3) is 3.59. The van der Waals surface area contributed by atoms with Crippen molar-refractivity contribution in [2.24, 2.45) is 0 Å². The lowest BCUT2D eigenvalue weighted by atomic mass is 9.87. The van der Waals surface area contributed by atoms with Crippen molar-refractivity contribution >= 4 is 64.2 Å². The first-order chi connectivity index (χ1) is 17.6. The number of benzene rings is 6. The normalized spacial score (nSPS) is 11.3. The van der Waals surface area contributed by atoms with Gasteiger partial charge < -0.3 is 9.47 Å². The fourth-order valence-electron chi connectivity index (χ4n) is 5.26. The van der Waals surface area contributed by atoms with Crippen LogP contribution in [0.2, 0.25) is 0 Å². The lowest BCUT2D eigenvalue weighted by molar-refractivity contribution is 0.415. The van der Waals surface area contributed by atoms with Gasteiger partial charge in [0.2, 0.25) is 0 Å². The number of halogens is 2. The van der Waals surface area contributed by atoms with E-state index in [9.17, 15) is 0 Å². The average Bonchev–Trinajstić information content (AvgIpc) is 2.91. The number of rotatable bonds is 4. The third-order valence-corrected chi connectivity index (χ3v) is 8.12. The zero-order valence-corrected chi connectivity index (χ0v) is 23.0. The van der Waals surface area contributed by atoms with Gasteiger partial charge in [0.05, 0.1) is 14.2 Å². The molecule has 0 unspecified atom stereocenters. The molecule has 36 heavy (non-hydrogen) atoms. The molecule has 0 radical (unpaired) electrons. The second-order valence-corrected chi connectivity index (χ2v) is 10.4. The minimum atomic E-state index is 0.819. The molecular weight excluding hydrogens is 576 g/mol. The van der Waals surface area contributed by atoms with Crippen molar-refractivity contribution in [3.8, 4) is 33.8 Å². The van der Waals surface area contributed by atoms with Crippen LogP contribution >= 0.6 is 31.9 Å². The van der Waals surface area contributed by atoms with Crippen molar-refractivity contribution in [3.63, 3.8) is 0 Å². The number of ether oxygens (including phenoxy) is 2. The summed E-state index contributed by atoms with van der Waals surface area (Å²) in [5.74, 6) is 1.64. The highest BCUT2D eigenvalue weighted by Gasteiger charge is 2.22. The van der Waals surface area contributed by atoms with Gasteiger partial charge in [0, 0.05) is 36.2 Å². The first kappa shape index (κ1) is 23.1. The topological polar surface area (TPSA) is 18.5 Å². The highest BCUT2D eigenvalue weighted by Crippen LogP contribution is 2.49. The molecule has 0 N–H and O–H groups in total. The Morgan fingerprint density at radius 1 is 0.444 bits per heavy atom. The first-order valence-electron chi connectivity index (χ1n) is 11.7. The molecule has 0 bridgehead atoms. The number of hydrogen-bond acceptors (Lipinski definition) is 2. The van der Waals surface area contributed by atoms with Crippen molar-refractivity contribution in [3.05, 3.63) is 106 Å². The second-order valence-electron chi connectivity index (χ2n) is 8.67. The van der Waals surface area contributed by atoms with Gasteiger partial charge in [-0.25, -0.2) is 0 Å². The zero-order chi connectivity index (χ0) is 24.8. The Morgan fingerprint density at radius 3 is 1.25 bits per heavy atom. The predicted octanol–water partition coefficient (Wildman–Crippen LogP) is 10.0. The fraction of sp³-hybridized carbons (Fsp3) is 0.0625. The van der Waals surface area contributed by atoms with Gasteiger partial charge in [-0.2, -0.15) is 0 Å². The van der Waals surface area contributed by atoms with E-state index in [0.717, 1.165) is 64.2 Å². The van der Waals surface area contributed by atoms with Crippen LogP contribution in [0.25, 0.3) is 54.6 Å². The SMILES string of the molecule is COc1ccc2ccc(OC)c(-c3cccc4cccc(Br)c34)c2c1-c1cccc2cccc(Br)c12. The standard InChI is InChI=1S/C32H22Br2O2/c1-35-26-17-15-21-16-18-27(36-2)32(23-12-4-8-20-10-6-14-25(34)29(20)23)30(21)31(26)22-11-3-7-19-9-5-13-24(33)28(19)22/h3-18H,1-2H3. The molecule has 0 aliphatic carbocycles. The maximum Gasteiger partial charge on any atom is 0.127 e. The van der Waals surface area contributed by atoms with Crippen molar-refractivity contribution < 1.29 is 9.47 Å². The Bertz CT molecular complexity index is 1650. The van der Waals surface area contributed by atoms with Crippen LogP contribution in [0.4, 0.5) is 0 Å². The van der Waals surface area contributed by atoms with Crippen LogP contribution in [0, 0.1) is 0 Å². The van der Waals surface area contributed by atoms with E-state index in [1.165, 1.54) is 10.8 Å². The quantitative estimate of drug-likeness (QED) is 0.201. The molecular formula is C32H22Br2O2. The maximum atomic E-state index is 6.01. The van der Waals surface area contributed by atoms with Gasteiger partial charge in [-0.1, -0.05) is 105 Å². The molecule has 176 valence electrons. The van der Waals surface area contributed by atoms with Crippen LogP contribution in [-0.2, 0) is 0 Å². The van der Waals surface area contributed by atoms with E-state index in [0.29, 0.717) is 0 Å². The second kappa shape index (κ2) is 9.27. The molecule has 0 aromatic heterocycles. The van der Waals surface area contributed by atoms with E-state index in [4.69, 9.17) is 9.47 Å². The molecule has 6 rings (SSSR count). The Morgan fingerprint density at radius 2 is 0.833 bits per heavy atom. The lowest BCUT2D eigenvalue weighted by Crippen LogP contribution is -1.96. The largest absolute Gasteiger partial charge is 0.496 e. The summed E-state index contributed by atoms with van der Waals surface area (Å²) in [7, 11) is 3.47. The maximum absolute atomic E-state index is 6.01. The summed E-state index contributed by atoms with van der Waals surface area (Å²) >= 11 is 7.64. The van der Waals surface area contributed by atoms with Gasteiger partial charge in [-0.3, -0.25) is 0 Å². The van der Waals surface area contributed by atoms with Crippen LogP contribution in [0.5, 0.6) is 11.5 Å². The summed E-state index contributed by atoms with van der Waals surface area (Å²) in [5.41, 5.74) is 4.31. The molecule has 2 nitrogen and oxygen atoms in total. The van der Waals surface area contributed by atoms with Crippen LogP contribution in [0.15, 0.2) is 106 Å². The monoisotopic (exact) mass is 596 g/mol. The summed E-state index contributed by atoms with van der Waals surface area (Å²) < 4.78 is 14.1. The van der Waals surface area contributed by atoms with Crippen LogP contribution < -0.4 is 9.47 Å². The summed E-state index contributed by atoms with van der Waals surface area (Å²) in [5, 5.41) is 6.85. The Hall–Kier alpha value is -3.34. The van der Waals surface area contributed by atoms with E-state index < -0.39 is 0 Å². The summed E-state index contributed by atoms with van der Waals surface area (Å²) in [6, 6.07) is 33.8. The molecule has 0 amide bonds. The fourth-order valence-corrected chi connectivity index (χ4v) is 6.45. The Labute approximate surface area is 226 Å². The Balaban J connectivity index is 1.86.